The number of carbonyl (C=O) groups excluding carboxylic acids is 1. The Kier molecular flexibility index (Phi) is 4.20. The van der Waals surface area contributed by atoms with E-state index in [0.717, 1.165) is 12.8 Å². The molecule has 0 saturated heterocycles. The highest BCUT2D eigenvalue weighted by molar-refractivity contribution is 5.74. The molecule has 1 atom stereocenters. The standard InChI is InChI=1S/C14H21N3O/c1-17(2)13(11-6-4-3-5-7-11)10-15-14(18)16-12-8-9-12/h3-7,12-13H,8-10H2,1-2H3,(H2,15,16,18)/t13-/m1/s1. The first-order valence-corrected chi connectivity index (χ1v) is 6.42. The second kappa shape index (κ2) is 5.87. The summed E-state index contributed by atoms with van der Waals surface area (Å²) >= 11 is 0. The fourth-order valence-electron chi connectivity index (χ4n) is 1.93. The first-order chi connectivity index (χ1) is 8.66. The smallest absolute Gasteiger partial charge is 0.315 e. The van der Waals surface area contributed by atoms with Crippen molar-refractivity contribution >= 4 is 6.03 Å². The van der Waals surface area contributed by atoms with E-state index in [0.29, 0.717) is 12.6 Å². The molecule has 1 aromatic rings. The lowest BCUT2D eigenvalue weighted by Crippen LogP contribution is -2.41. The van der Waals surface area contributed by atoms with Crippen LogP contribution < -0.4 is 10.6 Å². The molecule has 4 nitrogen and oxygen atoms in total. The minimum Gasteiger partial charge on any atom is -0.336 e. The van der Waals surface area contributed by atoms with Crippen LogP contribution >= 0.6 is 0 Å². The highest BCUT2D eigenvalue weighted by Crippen LogP contribution is 2.19. The zero-order valence-corrected chi connectivity index (χ0v) is 11.0. The van der Waals surface area contributed by atoms with Gasteiger partial charge in [-0.3, -0.25) is 0 Å². The number of hydrogen-bond donors (Lipinski definition) is 2. The molecule has 0 aliphatic heterocycles. The van der Waals surface area contributed by atoms with Crippen LogP contribution in [0.2, 0.25) is 0 Å². The number of nitrogens with zero attached hydrogens (tertiary/aromatic N) is 1. The Morgan fingerprint density at radius 2 is 2.00 bits per heavy atom. The van der Waals surface area contributed by atoms with Crippen molar-refractivity contribution in [2.75, 3.05) is 20.6 Å². The molecular weight excluding hydrogens is 226 g/mol. The van der Waals surface area contributed by atoms with Crippen molar-refractivity contribution in [3.8, 4) is 0 Å². The number of likely N-dealkylation sites (N-methyl/N-ethyl adjacent to an activating group) is 1. The average molecular weight is 247 g/mol. The van der Waals surface area contributed by atoms with E-state index in [9.17, 15) is 4.79 Å². The summed E-state index contributed by atoms with van der Waals surface area (Å²) in [7, 11) is 4.05. The minimum absolute atomic E-state index is 0.0553. The Labute approximate surface area is 108 Å². The third-order valence-corrected chi connectivity index (χ3v) is 3.18. The summed E-state index contributed by atoms with van der Waals surface area (Å²) in [4.78, 5) is 13.7. The van der Waals surface area contributed by atoms with Crippen LogP contribution in [0.15, 0.2) is 30.3 Å². The van der Waals surface area contributed by atoms with Crippen molar-refractivity contribution in [1.29, 1.82) is 0 Å². The lowest BCUT2D eigenvalue weighted by Gasteiger charge is -2.25. The molecule has 2 amide bonds. The van der Waals surface area contributed by atoms with Gasteiger partial charge in [0, 0.05) is 12.6 Å². The Balaban J connectivity index is 1.88. The normalized spacial score (nSPS) is 16.4. The van der Waals surface area contributed by atoms with Crippen LogP contribution in [0.1, 0.15) is 24.4 Å². The Morgan fingerprint density at radius 1 is 1.33 bits per heavy atom. The number of benzene rings is 1. The fourth-order valence-corrected chi connectivity index (χ4v) is 1.93. The minimum atomic E-state index is -0.0553. The van der Waals surface area contributed by atoms with Gasteiger partial charge in [-0.25, -0.2) is 4.79 Å². The molecule has 1 saturated carbocycles. The van der Waals surface area contributed by atoms with Gasteiger partial charge in [-0.15, -0.1) is 0 Å². The van der Waals surface area contributed by atoms with E-state index in [1.807, 2.05) is 32.3 Å². The van der Waals surface area contributed by atoms with Gasteiger partial charge in [0.2, 0.25) is 0 Å². The monoisotopic (exact) mass is 247 g/mol. The average Bonchev–Trinajstić information content (AvgIpc) is 3.14. The summed E-state index contributed by atoms with van der Waals surface area (Å²) < 4.78 is 0. The molecule has 1 aromatic carbocycles. The fraction of sp³-hybridized carbons (Fsp3) is 0.500. The molecule has 1 fully saturated rings. The van der Waals surface area contributed by atoms with Gasteiger partial charge in [0.15, 0.2) is 0 Å². The van der Waals surface area contributed by atoms with Crippen LogP contribution in [0, 0.1) is 0 Å². The highest BCUT2D eigenvalue weighted by atomic mass is 16.2. The maximum Gasteiger partial charge on any atom is 0.315 e. The zero-order chi connectivity index (χ0) is 13.0. The maximum atomic E-state index is 11.6. The molecule has 0 spiro atoms. The molecule has 2 N–H and O–H groups in total. The highest BCUT2D eigenvalue weighted by Gasteiger charge is 2.23. The molecular formula is C14H21N3O. The second-order valence-electron chi connectivity index (χ2n) is 5.02. The maximum absolute atomic E-state index is 11.6. The predicted octanol–water partition coefficient (Wildman–Crippen LogP) is 1.75. The summed E-state index contributed by atoms with van der Waals surface area (Å²) in [5, 5.41) is 5.87. The van der Waals surface area contributed by atoms with Crippen LogP contribution in [-0.4, -0.2) is 37.6 Å². The molecule has 1 aliphatic carbocycles. The topological polar surface area (TPSA) is 44.4 Å². The van der Waals surface area contributed by atoms with Crippen LogP contribution in [0.25, 0.3) is 0 Å². The second-order valence-corrected chi connectivity index (χ2v) is 5.02. The van der Waals surface area contributed by atoms with Crippen LogP contribution in [0.5, 0.6) is 0 Å². The van der Waals surface area contributed by atoms with Gasteiger partial charge in [-0.1, -0.05) is 30.3 Å². The van der Waals surface area contributed by atoms with Crippen molar-refractivity contribution < 1.29 is 4.79 Å². The summed E-state index contributed by atoms with van der Waals surface area (Å²) in [5.41, 5.74) is 1.22. The van der Waals surface area contributed by atoms with Gasteiger partial charge in [-0.05, 0) is 32.5 Å². The largest absolute Gasteiger partial charge is 0.336 e. The number of nitrogens with one attached hydrogen (secondary N) is 2. The number of amides is 2. The molecule has 0 bridgehead atoms. The Bertz CT molecular complexity index is 387. The van der Waals surface area contributed by atoms with E-state index in [1.165, 1.54) is 5.56 Å². The summed E-state index contributed by atoms with van der Waals surface area (Å²) in [6.07, 6.45) is 2.23. The molecule has 98 valence electrons. The number of rotatable bonds is 5. The van der Waals surface area contributed by atoms with E-state index in [-0.39, 0.29) is 12.1 Å². The van der Waals surface area contributed by atoms with Crippen LogP contribution in [0.3, 0.4) is 0 Å². The van der Waals surface area contributed by atoms with Crippen molar-refractivity contribution in [2.24, 2.45) is 0 Å². The molecule has 18 heavy (non-hydrogen) atoms. The molecule has 4 heteroatoms. The van der Waals surface area contributed by atoms with Crippen molar-refractivity contribution in [2.45, 2.75) is 24.9 Å². The Hall–Kier alpha value is -1.55. The van der Waals surface area contributed by atoms with E-state index < -0.39 is 0 Å². The van der Waals surface area contributed by atoms with E-state index in [4.69, 9.17) is 0 Å². The molecule has 0 unspecified atom stereocenters. The quantitative estimate of drug-likeness (QED) is 0.832. The molecule has 0 radical (unpaired) electrons. The Morgan fingerprint density at radius 3 is 2.56 bits per heavy atom. The van der Waals surface area contributed by atoms with Crippen molar-refractivity contribution in [3.05, 3.63) is 35.9 Å². The van der Waals surface area contributed by atoms with Gasteiger partial charge >= 0.3 is 6.03 Å². The van der Waals surface area contributed by atoms with Gasteiger partial charge in [-0.2, -0.15) is 0 Å². The first kappa shape index (κ1) is 12.9. The third-order valence-electron chi connectivity index (χ3n) is 3.18. The number of hydrogen-bond acceptors (Lipinski definition) is 2. The van der Waals surface area contributed by atoms with Crippen LogP contribution in [-0.2, 0) is 0 Å². The van der Waals surface area contributed by atoms with Gasteiger partial charge in [0.1, 0.15) is 0 Å². The van der Waals surface area contributed by atoms with E-state index >= 15 is 0 Å². The molecule has 2 rings (SSSR count). The SMILES string of the molecule is CN(C)[C@H](CNC(=O)NC1CC1)c1ccccc1. The predicted molar refractivity (Wildman–Crippen MR) is 72.4 cm³/mol. The number of carbonyl (C=O) groups is 1. The summed E-state index contributed by atoms with van der Waals surface area (Å²) in [5.74, 6) is 0. The van der Waals surface area contributed by atoms with Crippen molar-refractivity contribution in [3.63, 3.8) is 0 Å². The van der Waals surface area contributed by atoms with Gasteiger partial charge in [0.05, 0.1) is 6.04 Å². The lowest BCUT2D eigenvalue weighted by atomic mass is 10.1. The van der Waals surface area contributed by atoms with Gasteiger partial charge < -0.3 is 15.5 Å². The first-order valence-electron chi connectivity index (χ1n) is 6.42. The third kappa shape index (κ3) is 3.74. The lowest BCUT2D eigenvalue weighted by molar-refractivity contribution is 0.232. The van der Waals surface area contributed by atoms with Crippen molar-refractivity contribution in [1.82, 2.24) is 15.5 Å². The van der Waals surface area contributed by atoms with E-state index in [1.54, 1.807) is 0 Å². The molecule has 0 aromatic heterocycles. The zero-order valence-electron chi connectivity index (χ0n) is 11.0. The van der Waals surface area contributed by atoms with Gasteiger partial charge in [0.25, 0.3) is 0 Å². The van der Waals surface area contributed by atoms with Crippen LogP contribution in [0.4, 0.5) is 4.79 Å². The number of urea groups is 1. The summed E-state index contributed by atoms with van der Waals surface area (Å²) in [6.45, 7) is 0.621. The van der Waals surface area contributed by atoms with E-state index in [2.05, 4.69) is 27.7 Å². The molecule has 1 aliphatic rings. The summed E-state index contributed by atoms with van der Waals surface area (Å²) in [6, 6.07) is 10.8. The molecule has 0 heterocycles.